The Labute approximate surface area is 260 Å². The maximum Gasteiger partial charge on any atom is 0.408 e. The van der Waals surface area contributed by atoms with E-state index in [0.717, 1.165) is 69.2 Å². The summed E-state index contributed by atoms with van der Waals surface area (Å²) in [5.74, 6) is -0.928. The van der Waals surface area contributed by atoms with Crippen LogP contribution in [-0.2, 0) is 27.2 Å². The number of carbonyl (C=O) groups is 3. The van der Waals surface area contributed by atoms with Crippen molar-refractivity contribution < 1.29 is 55.7 Å². The van der Waals surface area contributed by atoms with Gasteiger partial charge in [-0.15, -0.1) is 0 Å². The first-order chi connectivity index (χ1) is 19.9. The largest absolute Gasteiger partial charge is 1.00 e. The van der Waals surface area contributed by atoms with Gasteiger partial charge >= 0.3 is 18.0 Å². The fourth-order valence-electron chi connectivity index (χ4n) is 5.47. The molecule has 0 aromatic heterocycles. The molecule has 1 saturated heterocycles. The molecule has 2 aromatic carbocycles. The average Bonchev–Trinajstić information content (AvgIpc) is 2.91. The third-order valence-electron chi connectivity index (χ3n) is 7.28. The Hall–Kier alpha value is -3.50. The Morgan fingerprint density at radius 2 is 1.30 bits per heavy atom. The number of carbonyl (C=O) groups excluding carboxylic acids is 1. The van der Waals surface area contributed by atoms with Crippen molar-refractivity contribution in [3.8, 4) is 11.5 Å². The van der Waals surface area contributed by atoms with Crippen LogP contribution in [0.25, 0.3) is 0 Å². The topological polar surface area (TPSA) is 131 Å². The van der Waals surface area contributed by atoms with E-state index in [1.807, 2.05) is 69.3 Å². The standard InChI is InChI=1S/C32H44N2O8.ClH/c1-32(2,3)42-31(39)33-26-9-6-20-34(21-26,18-4-7-24-10-14-27(15-11-24)40-22-29(35)36)19-5-8-25-12-16-28(17-13-25)41-23-30(37)38;/h10-17,26H,4-9,18-23H2,1-3H3,(H2-,33,35,36,37,38,39);1H. The van der Waals surface area contributed by atoms with Gasteiger partial charge in [0.25, 0.3) is 0 Å². The summed E-state index contributed by atoms with van der Waals surface area (Å²) in [6.07, 6.45) is 5.31. The van der Waals surface area contributed by atoms with Gasteiger partial charge in [-0.1, -0.05) is 24.3 Å². The van der Waals surface area contributed by atoms with Crippen LogP contribution < -0.4 is 27.2 Å². The van der Waals surface area contributed by atoms with Gasteiger partial charge in [0.2, 0.25) is 0 Å². The van der Waals surface area contributed by atoms with Crippen LogP contribution in [0.4, 0.5) is 4.79 Å². The number of amides is 1. The maximum atomic E-state index is 12.5. The SMILES string of the molecule is CC(C)(C)OC(=O)NC1CCC[N+](CCCc2ccc(OCC(=O)O)cc2)(CCCc2ccc(OCC(=O)O)cc2)C1.[Cl-]. The highest BCUT2D eigenvalue weighted by Crippen LogP contribution is 2.24. The molecular weight excluding hydrogens is 576 g/mol. The van der Waals surface area contributed by atoms with Gasteiger partial charge in [-0.2, -0.15) is 0 Å². The number of benzene rings is 2. The lowest BCUT2D eigenvalue weighted by Gasteiger charge is -2.45. The van der Waals surface area contributed by atoms with Gasteiger partial charge in [-0.3, -0.25) is 0 Å². The van der Waals surface area contributed by atoms with Gasteiger partial charge in [-0.05, 0) is 81.8 Å². The molecule has 1 aliphatic heterocycles. The van der Waals surface area contributed by atoms with Crippen LogP contribution in [0.1, 0.15) is 57.6 Å². The summed E-state index contributed by atoms with van der Waals surface area (Å²) in [4.78, 5) is 34.0. The summed E-state index contributed by atoms with van der Waals surface area (Å²) in [5.41, 5.74) is 1.79. The summed E-state index contributed by atoms with van der Waals surface area (Å²) in [7, 11) is 0. The molecule has 1 aliphatic rings. The first-order valence-corrected chi connectivity index (χ1v) is 14.6. The minimum atomic E-state index is -1.00. The van der Waals surface area contributed by atoms with Crippen LogP contribution in [0.3, 0.4) is 0 Å². The third-order valence-corrected chi connectivity index (χ3v) is 7.28. The average molecular weight is 621 g/mol. The predicted molar refractivity (Wildman–Crippen MR) is 158 cm³/mol. The molecule has 3 N–H and O–H groups in total. The van der Waals surface area contributed by atoms with Crippen molar-refractivity contribution in [2.24, 2.45) is 0 Å². The van der Waals surface area contributed by atoms with Gasteiger partial charge in [0.15, 0.2) is 13.2 Å². The van der Waals surface area contributed by atoms with Crippen LogP contribution in [0.2, 0.25) is 0 Å². The fourth-order valence-corrected chi connectivity index (χ4v) is 5.47. The molecule has 0 bridgehead atoms. The van der Waals surface area contributed by atoms with Crippen molar-refractivity contribution in [1.82, 2.24) is 5.32 Å². The second-order valence-corrected chi connectivity index (χ2v) is 12.0. The predicted octanol–water partition coefficient (Wildman–Crippen LogP) is 1.69. The molecule has 238 valence electrons. The molecule has 0 radical (unpaired) electrons. The Balaban J connectivity index is 0.00000645. The number of halogens is 1. The van der Waals surface area contributed by atoms with Crippen molar-refractivity contribution in [2.75, 3.05) is 39.4 Å². The second-order valence-electron chi connectivity index (χ2n) is 12.0. The number of hydrogen-bond acceptors (Lipinski definition) is 6. The minimum Gasteiger partial charge on any atom is -1.00 e. The number of hydrogen-bond donors (Lipinski definition) is 3. The molecule has 10 nitrogen and oxygen atoms in total. The molecule has 0 saturated carbocycles. The number of quaternary nitrogens is 1. The van der Waals surface area contributed by atoms with Gasteiger partial charge in [0.05, 0.1) is 32.2 Å². The highest BCUT2D eigenvalue weighted by Gasteiger charge is 2.35. The highest BCUT2D eigenvalue weighted by atomic mass is 35.5. The Kier molecular flexibility index (Phi) is 14.1. The molecule has 1 atom stereocenters. The van der Waals surface area contributed by atoms with Gasteiger partial charge in [0, 0.05) is 12.8 Å². The van der Waals surface area contributed by atoms with Crippen molar-refractivity contribution in [3.05, 3.63) is 59.7 Å². The van der Waals surface area contributed by atoms with Gasteiger partial charge in [-0.25, -0.2) is 14.4 Å². The Bertz CT molecular complexity index is 1100. The second kappa shape index (κ2) is 17.0. The van der Waals surface area contributed by atoms with Gasteiger partial charge in [0.1, 0.15) is 17.1 Å². The zero-order valence-electron chi connectivity index (χ0n) is 25.4. The minimum absolute atomic E-state index is 0. The Morgan fingerprint density at radius 3 is 1.72 bits per heavy atom. The van der Waals surface area contributed by atoms with Gasteiger partial charge < -0.3 is 46.6 Å². The molecule has 43 heavy (non-hydrogen) atoms. The van der Waals surface area contributed by atoms with Crippen LogP contribution in [-0.4, -0.2) is 83.8 Å². The number of likely N-dealkylation sites (tertiary alicyclic amines) is 1. The van der Waals surface area contributed by atoms with Crippen molar-refractivity contribution in [2.45, 2.75) is 70.9 Å². The van der Waals surface area contributed by atoms with E-state index >= 15 is 0 Å². The number of alkyl carbamates (subject to hydrolysis) is 1. The lowest BCUT2D eigenvalue weighted by atomic mass is 9.99. The molecule has 1 fully saturated rings. The zero-order chi connectivity index (χ0) is 30.6. The number of piperidine rings is 1. The lowest BCUT2D eigenvalue weighted by molar-refractivity contribution is -0.933. The van der Waals surface area contributed by atoms with Crippen LogP contribution in [0, 0.1) is 0 Å². The number of ether oxygens (including phenoxy) is 3. The molecular formula is C32H45ClN2O8. The normalized spacial score (nSPS) is 15.9. The van der Waals surface area contributed by atoms with E-state index in [2.05, 4.69) is 5.32 Å². The van der Waals surface area contributed by atoms with Crippen LogP contribution >= 0.6 is 0 Å². The summed E-state index contributed by atoms with van der Waals surface area (Å²) >= 11 is 0. The first kappa shape index (κ1) is 35.7. The number of nitrogens with zero attached hydrogens (tertiary/aromatic N) is 1. The molecule has 0 spiro atoms. The fraction of sp³-hybridized carbons (Fsp3) is 0.531. The number of carboxylic acids is 2. The number of aryl methyl sites for hydroxylation is 2. The number of nitrogens with one attached hydrogen (secondary N) is 1. The monoisotopic (exact) mass is 620 g/mol. The maximum absolute atomic E-state index is 12.5. The van der Waals surface area contributed by atoms with Crippen LogP contribution in [0.15, 0.2) is 48.5 Å². The first-order valence-electron chi connectivity index (χ1n) is 14.6. The summed E-state index contributed by atoms with van der Waals surface area (Å²) in [6.45, 7) is 8.73. The van der Waals surface area contributed by atoms with E-state index in [1.54, 1.807) is 0 Å². The lowest BCUT2D eigenvalue weighted by Crippen LogP contribution is -3.00. The van der Waals surface area contributed by atoms with Crippen molar-refractivity contribution in [3.63, 3.8) is 0 Å². The van der Waals surface area contributed by atoms with E-state index in [9.17, 15) is 14.4 Å². The molecule has 0 aliphatic carbocycles. The molecule has 1 heterocycles. The molecule has 2 aromatic rings. The van der Waals surface area contributed by atoms with E-state index in [-0.39, 0.29) is 37.8 Å². The zero-order valence-corrected chi connectivity index (χ0v) is 26.1. The van der Waals surface area contributed by atoms with E-state index in [0.29, 0.717) is 11.5 Å². The van der Waals surface area contributed by atoms with Crippen molar-refractivity contribution >= 4 is 18.0 Å². The van der Waals surface area contributed by atoms with Crippen molar-refractivity contribution in [1.29, 1.82) is 0 Å². The quantitative estimate of drug-likeness (QED) is 0.257. The number of rotatable bonds is 15. The van der Waals surface area contributed by atoms with E-state index < -0.39 is 17.5 Å². The molecule has 1 unspecified atom stereocenters. The molecule has 1 amide bonds. The highest BCUT2D eigenvalue weighted by molar-refractivity contribution is 5.69. The third kappa shape index (κ3) is 13.6. The molecule has 11 heteroatoms. The summed E-state index contributed by atoms with van der Waals surface area (Å²) < 4.78 is 16.9. The molecule has 3 rings (SSSR count). The Morgan fingerprint density at radius 1 is 0.837 bits per heavy atom. The van der Waals surface area contributed by atoms with E-state index in [4.69, 9.17) is 24.4 Å². The smallest absolute Gasteiger partial charge is 0.408 e. The van der Waals surface area contributed by atoms with E-state index in [1.165, 1.54) is 11.1 Å². The van der Waals surface area contributed by atoms with Crippen LogP contribution in [0.5, 0.6) is 11.5 Å². The number of aliphatic carboxylic acids is 2. The summed E-state index contributed by atoms with van der Waals surface area (Å²) in [6, 6.07) is 15.2. The summed E-state index contributed by atoms with van der Waals surface area (Å²) in [5, 5.41) is 20.7. The number of carboxylic acid groups (broad SMARTS) is 2.